The van der Waals surface area contributed by atoms with Crippen molar-refractivity contribution in [3.05, 3.63) is 93.8 Å². The van der Waals surface area contributed by atoms with Gasteiger partial charge in [0.1, 0.15) is 29.1 Å². The highest BCUT2D eigenvalue weighted by atomic mass is 16.5. The third kappa shape index (κ3) is 4.49. The van der Waals surface area contributed by atoms with Crippen LogP contribution in [0.25, 0.3) is 11.0 Å². The minimum atomic E-state index is -0.523. The maximum atomic E-state index is 12.9. The van der Waals surface area contributed by atoms with E-state index in [9.17, 15) is 9.59 Å². The van der Waals surface area contributed by atoms with Gasteiger partial charge in [0.15, 0.2) is 0 Å². The largest absolute Gasteiger partial charge is 0.494 e. The predicted molar refractivity (Wildman–Crippen MR) is 121 cm³/mol. The maximum absolute atomic E-state index is 12.9. The smallest absolute Gasteiger partial charge is 0.343 e. The highest BCUT2D eigenvalue weighted by Gasteiger charge is 2.14. The van der Waals surface area contributed by atoms with Gasteiger partial charge in [-0.3, -0.25) is 4.79 Å². The molecule has 1 aromatic heterocycles. The van der Waals surface area contributed by atoms with Crippen molar-refractivity contribution in [2.24, 2.45) is 0 Å². The first-order valence-electron chi connectivity index (χ1n) is 10.2. The summed E-state index contributed by atoms with van der Waals surface area (Å²) in [6.45, 7) is 6.29. The summed E-state index contributed by atoms with van der Waals surface area (Å²) in [5.74, 6) is 1.10. The van der Waals surface area contributed by atoms with E-state index in [1.807, 2.05) is 39.0 Å². The molecule has 0 aliphatic heterocycles. The van der Waals surface area contributed by atoms with Crippen LogP contribution in [0.4, 0.5) is 0 Å². The Morgan fingerprint density at radius 2 is 1.66 bits per heavy atom. The van der Waals surface area contributed by atoms with Crippen molar-refractivity contribution in [1.29, 1.82) is 0 Å². The van der Waals surface area contributed by atoms with E-state index in [0.29, 0.717) is 34.6 Å². The lowest BCUT2D eigenvalue weighted by atomic mass is 10.1. The predicted octanol–water partition coefficient (Wildman–Crippen LogP) is 5.82. The molecule has 32 heavy (non-hydrogen) atoms. The highest BCUT2D eigenvalue weighted by molar-refractivity contribution is 5.91. The minimum absolute atomic E-state index is 0.0883. The van der Waals surface area contributed by atoms with E-state index < -0.39 is 5.97 Å². The normalized spacial score (nSPS) is 10.7. The Morgan fingerprint density at radius 3 is 2.41 bits per heavy atom. The molecule has 0 N–H and O–H groups in total. The van der Waals surface area contributed by atoms with Crippen LogP contribution in [0.15, 0.2) is 76.1 Å². The fraction of sp³-hybridized carbons (Fsp3) is 0.154. The number of ether oxygens (including phenoxy) is 3. The van der Waals surface area contributed by atoms with Gasteiger partial charge in [-0.15, -0.1) is 0 Å². The lowest BCUT2D eigenvalue weighted by Gasteiger charge is -2.10. The van der Waals surface area contributed by atoms with Crippen molar-refractivity contribution in [2.45, 2.75) is 20.8 Å². The molecule has 0 saturated heterocycles. The molecular weight excluding hydrogens is 408 g/mol. The summed E-state index contributed by atoms with van der Waals surface area (Å²) >= 11 is 0. The van der Waals surface area contributed by atoms with Crippen LogP contribution in [-0.4, -0.2) is 12.6 Å². The van der Waals surface area contributed by atoms with Crippen LogP contribution in [0.3, 0.4) is 0 Å². The number of fused-ring (bicyclic) bond motifs is 1. The summed E-state index contributed by atoms with van der Waals surface area (Å²) in [5, 5.41) is 0.327. The van der Waals surface area contributed by atoms with E-state index in [2.05, 4.69) is 0 Å². The quantitative estimate of drug-likeness (QED) is 0.283. The molecule has 3 aromatic carbocycles. The Bertz CT molecular complexity index is 1340. The van der Waals surface area contributed by atoms with Crippen LogP contribution in [0.5, 0.6) is 23.0 Å². The zero-order chi connectivity index (χ0) is 22.7. The second kappa shape index (κ2) is 8.98. The molecular formula is C26H22O6. The summed E-state index contributed by atoms with van der Waals surface area (Å²) < 4.78 is 22.2. The van der Waals surface area contributed by atoms with Gasteiger partial charge in [0.25, 0.3) is 0 Å². The van der Waals surface area contributed by atoms with Gasteiger partial charge in [0.2, 0.25) is 11.2 Å². The maximum Gasteiger partial charge on any atom is 0.343 e. The molecule has 0 amide bonds. The molecule has 162 valence electrons. The summed E-state index contributed by atoms with van der Waals surface area (Å²) in [6.07, 6.45) is 1.27. The fourth-order valence-electron chi connectivity index (χ4n) is 3.18. The van der Waals surface area contributed by atoms with E-state index in [-0.39, 0.29) is 16.9 Å². The topological polar surface area (TPSA) is 75.0 Å². The molecule has 0 spiro atoms. The van der Waals surface area contributed by atoms with Crippen molar-refractivity contribution in [3.63, 3.8) is 0 Å². The Hall–Kier alpha value is -4.06. The van der Waals surface area contributed by atoms with Gasteiger partial charge in [-0.05, 0) is 74.4 Å². The van der Waals surface area contributed by atoms with Crippen LogP contribution in [-0.2, 0) is 0 Å². The third-order valence-corrected chi connectivity index (χ3v) is 4.89. The lowest BCUT2D eigenvalue weighted by Crippen LogP contribution is -2.09. The summed E-state index contributed by atoms with van der Waals surface area (Å²) in [7, 11) is 0. The summed E-state index contributed by atoms with van der Waals surface area (Å²) in [5.41, 5.74) is 2.30. The number of carbonyl (C=O) groups excluding carboxylic acids is 1. The summed E-state index contributed by atoms with van der Waals surface area (Å²) in [6, 6.07) is 17.0. The second-order valence-corrected chi connectivity index (χ2v) is 7.30. The van der Waals surface area contributed by atoms with Gasteiger partial charge in [-0.1, -0.05) is 12.1 Å². The molecule has 4 rings (SSSR count). The molecule has 0 fully saturated rings. The number of carbonyl (C=O) groups is 1. The standard InChI is InChI=1S/C26H22O6/c1-4-29-19-9-7-18(8-10-19)26(28)31-20-11-12-21-23(14-20)30-15-24(25(21)27)32-22-13-16(2)5-6-17(22)3/h5-15H,4H2,1-3H3. The lowest BCUT2D eigenvalue weighted by molar-refractivity contribution is 0.0735. The zero-order valence-corrected chi connectivity index (χ0v) is 18.0. The Labute approximate surface area is 185 Å². The average molecular weight is 430 g/mol. The Kier molecular flexibility index (Phi) is 5.94. The SMILES string of the molecule is CCOc1ccc(C(=O)Oc2ccc3c(=O)c(Oc4cc(C)ccc4C)coc3c2)cc1. The third-order valence-electron chi connectivity index (χ3n) is 4.89. The highest BCUT2D eigenvalue weighted by Crippen LogP contribution is 2.27. The van der Waals surface area contributed by atoms with Crippen molar-refractivity contribution in [2.75, 3.05) is 6.61 Å². The first-order chi connectivity index (χ1) is 15.4. The average Bonchev–Trinajstić information content (AvgIpc) is 2.79. The van der Waals surface area contributed by atoms with Gasteiger partial charge in [0, 0.05) is 6.07 Å². The molecule has 0 unspecified atom stereocenters. The first kappa shape index (κ1) is 21.2. The monoisotopic (exact) mass is 430 g/mol. The molecule has 0 aliphatic carbocycles. The van der Waals surface area contributed by atoms with Gasteiger partial charge in [-0.2, -0.15) is 0 Å². The Morgan fingerprint density at radius 1 is 0.906 bits per heavy atom. The number of aryl methyl sites for hydroxylation is 2. The zero-order valence-electron chi connectivity index (χ0n) is 18.0. The van der Waals surface area contributed by atoms with E-state index in [1.165, 1.54) is 12.3 Å². The summed E-state index contributed by atoms with van der Waals surface area (Å²) in [4.78, 5) is 25.3. The molecule has 0 radical (unpaired) electrons. The molecule has 0 atom stereocenters. The van der Waals surface area contributed by atoms with E-state index in [4.69, 9.17) is 18.6 Å². The van der Waals surface area contributed by atoms with Crippen molar-refractivity contribution < 1.29 is 23.4 Å². The molecule has 6 heteroatoms. The van der Waals surface area contributed by atoms with Gasteiger partial charge < -0.3 is 18.6 Å². The van der Waals surface area contributed by atoms with Gasteiger partial charge >= 0.3 is 5.97 Å². The van der Waals surface area contributed by atoms with Gasteiger partial charge in [0.05, 0.1) is 17.6 Å². The molecule has 1 heterocycles. The first-order valence-corrected chi connectivity index (χ1v) is 10.2. The number of esters is 1. The molecule has 6 nitrogen and oxygen atoms in total. The van der Waals surface area contributed by atoms with Crippen molar-refractivity contribution in [3.8, 4) is 23.0 Å². The van der Waals surface area contributed by atoms with Crippen LogP contribution in [0, 0.1) is 13.8 Å². The molecule has 0 aliphatic rings. The van der Waals surface area contributed by atoms with Crippen LogP contribution < -0.4 is 19.6 Å². The van der Waals surface area contributed by atoms with E-state index in [1.54, 1.807) is 36.4 Å². The van der Waals surface area contributed by atoms with Crippen molar-refractivity contribution >= 4 is 16.9 Å². The molecule has 0 bridgehead atoms. The number of hydrogen-bond donors (Lipinski definition) is 0. The van der Waals surface area contributed by atoms with E-state index >= 15 is 0 Å². The Balaban J connectivity index is 1.55. The van der Waals surface area contributed by atoms with E-state index in [0.717, 1.165) is 11.1 Å². The minimum Gasteiger partial charge on any atom is -0.494 e. The number of hydrogen-bond acceptors (Lipinski definition) is 6. The number of rotatable bonds is 6. The fourth-order valence-corrected chi connectivity index (χ4v) is 3.18. The van der Waals surface area contributed by atoms with Crippen molar-refractivity contribution in [1.82, 2.24) is 0 Å². The molecule has 4 aromatic rings. The number of benzene rings is 3. The van der Waals surface area contributed by atoms with Gasteiger partial charge in [-0.25, -0.2) is 4.79 Å². The van der Waals surface area contributed by atoms with Crippen LogP contribution in [0.1, 0.15) is 28.4 Å². The molecule has 0 saturated carbocycles. The van der Waals surface area contributed by atoms with Crippen LogP contribution in [0.2, 0.25) is 0 Å². The van der Waals surface area contributed by atoms with Crippen LogP contribution >= 0.6 is 0 Å². The second-order valence-electron chi connectivity index (χ2n) is 7.30.